The lowest BCUT2D eigenvalue weighted by Crippen LogP contribution is -2.30. The van der Waals surface area contributed by atoms with E-state index in [0.29, 0.717) is 17.8 Å². The number of carbonyl (C=O) groups excluding carboxylic acids is 1. The van der Waals surface area contributed by atoms with Gasteiger partial charge in [-0.15, -0.1) is 6.58 Å². The first kappa shape index (κ1) is 26.0. The fourth-order valence-electron chi connectivity index (χ4n) is 5.55. The van der Waals surface area contributed by atoms with E-state index in [2.05, 4.69) is 6.58 Å². The number of fused-ring (bicyclic) bond motifs is 1. The topological polar surface area (TPSA) is 35.5 Å². The van der Waals surface area contributed by atoms with Crippen LogP contribution in [0.3, 0.4) is 0 Å². The molecule has 2 saturated carbocycles. The standard InChI is InChI=1S/C29H30F4O3/c1-3-5-14-35-23-12-13-24(28(33)27(23)32)36-29(34)22-11-10-21(25(30)26(22)31)20-9-8-18-15-17(4-2)6-7-19(18)16-20/h3-5,10-13,17-20H,2,6-9,14-16H2,1H3/b5-3+. The minimum atomic E-state index is -1.46. The zero-order chi connectivity index (χ0) is 25.8. The Hall–Kier alpha value is -3.09. The van der Waals surface area contributed by atoms with Crippen molar-refractivity contribution in [3.63, 3.8) is 0 Å². The number of benzene rings is 2. The van der Waals surface area contributed by atoms with E-state index in [0.717, 1.165) is 56.7 Å². The molecule has 0 N–H and O–H groups in total. The van der Waals surface area contributed by atoms with Gasteiger partial charge in [0.25, 0.3) is 0 Å². The van der Waals surface area contributed by atoms with Crippen molar-refractivity contribution >= 4 is 5.97 Å². The molecule has 192 valence electrons. The van der Waals surface area contributed by atoms with Crippen molar-refractivity contribution in [2.24, 2.45) is 17.8 Å². The third-order valence-electron chi connectivity index (χ3n) is 7.54. The third kappa shape index (κ3) is 5.35. The molecule has 0 spiro atoms. The number of rotatable bonds is 7. The molecule has 0 aliphatic heterocycles. The Balaban J connectivity index is 1.47. The van der Waals surface area contributed by atoms with E-state index < -0.39 is 40.6 Å². The number of halogens is 4. The Bertz CT molecular complexity index is 1160. The highest BCUT2D eigenvalue weighted by molar-refractivity contribution is 5.91. The zero-order valence-electron chi connectivity index (χ0n) is 20.2. The molecule has 2 fully saturated rings. The van der Waals surface area contributed by atoms with Gasteiger partial charge in [0.05, 0.1) is 5.56 Å². The quantitative estimate of drug-likeness (QED) is 0.167. The van der Waals surface area contributed by atoms with Crippen molar-refractivity contribution in [1.82, 2.24) is 0 Å². The van der Waals surface area contributed by atoms with Crippen LogP contribution in [0.5, 0.6) is 11.5 Å². The van der Waals surface area contributed by atoms with Crippen LogP contribution in [0, 0.1) is 41.0 Å². The summed E-state index contributed by atoms with van der Waals surface area (Å²) in [4.78, 5) is 12.5. The maximum atomic E-state index is 15.1. The molecule has 0 saturated heterocycles. The summed E-state index contributed by atoms with van der Waals surface area (Å²) in [5.41, 5.74) is -0.433. The molecule has 0 heterocycles. The second kappa shape index (κ2) is 11.3. The van der Waals surface area contributed by atoms with Crippen molar-refractivity contribution < 1.29 is 31.8 Å². The van der Waals surface area contributed by atoms with Crippen LogP contribution >= 0.6 is 0 Å². The lowest BCUT2D eigenvalue weighted by molar-refractivity contribution is 0.0720. The summed E-state index contributed by atoms with van der Waals surface area (Å²) in [5, 5.41) is 0. The summed E-state index contributed by atoms with van der Waals surface area (Å²) >= 11 is 0. The van der Waals surface area contributed by atoms with Crippen LogP contribution in [0.2, 0.25) is 0 Å². The maximum absolute atomic E-state index is 15.1. The van der Waals surface area contributed by atoms with Crippen LogP contribution in [-0.4, -0.2) is 12.6 Å². The largest absolute Gasteiger partial charge is 0.486 e. The summed E-state index contributed by atoms with van der Waals surface area (Å²) in [6, 6.07) is 4.66. The Kier molecular flexibility index (Phi) is 8.17. The van der Waals surface area contributed by atoms with E-state index in [1.54, 1.807) is 19.1 Å². The zero-order valence-corrected chi connectivity index (χ0v) is 20.2. The van der Waals surface area contributed by atoms with Gasteiger partial charge >= 0.3 is 5.97 Å². The smallest absolute Gasteiger partial charge is 0.346 e. The first-order valence-corrected chi connectivity index (χ1v) is 12.4. The van der Waals surface area contributed by atoms with Gasteiger partial charge < -0.3 is 9.47 Å². The van der Waals surface area contributed by atoms with Gasteiger partial charge in [0.2, 0.25) is 11.6 Å². The van der Waals surface area contributed by atoms with E-state index in [1.807, 2.05) is 6.08 Å². The number of hydrogen-bond acceptors (Lipinski definition) is 3. The highest BCUT2D eigenvalue weighted by atomic mass is 19.2. The fraction of sp³-hybridized carbons (Fsp3) is 0.414. The minimum absolute atomic E-state index is 0.0283. The van der Waals surface area contributed by atoms with Gasteiger partial charge in [-0.1, -0.05) is 24.3 Å². The van der Waals surface area contributed by atoms with Crippen LogP contribution < -0.4 is 9.47 Å². The van der Waals surface area contributed by atoms with Crippen molar-refractivity contribution in [2.45, 2.75) is 51.4 Å². The summed E-state index contributed by atoms with van der Waals surface area (Å²) < 4.78 is 68.6. The summed E-state index contributed by atoms with van der Waals surface area (Å²) in [7, 11) is 0. The first-order chi connectivity index (χ1) is 17.3. The number of allylic oxidation sites excluding steroid dienone is 2. The molecule has 2 aromatic carbocycles. The van der Waals surface area contributed by atoms with Crippen LogP contribution in [0.15, 0.2) is 49.1 Å². The van der Waals surface area contributed by atoms with E-state index in [1.165, 1.54) is 6.07 Å². The summed E-state index contributed by atoms with van der Waals surface area (Å²) in [6.45, 7) is 5.68. The van der Waals surface area contributed by atoms with Crippen molar-refractivity contribution in [3.8, 4) is 11.5 Å². The molecule has 0 bridgehead atoms. The van der Waals surface area contributed by atoms with Gasteiger partial charge in [0.15, 0.2) is 23.1 Å². The molecule has 0 aromatic heterocycles. The summed E-state index contributed by atoms with van der Waals surface area (Å²) in [5.74, 6) is -6.21. The Morgan fingerprint density at radius 3 is 2.36 bits per heavy atom. The minimum Gasteiger partial charge on any atom is -0.486 e. The first-order valence-electron chi connectivity index (χ1n) is 12.4. The van der Waals surface area contributed by atoms with Crippen LogP contribution in [0.4, 0.5) is 17.6 Å². The van der Waals surface area contributed by atoms with Crippen LogP contribution in [0.1, 0.15) is 67.3 Å². The third-order valence-corrected chi connectivity index (χ3v) is 7.54. The average Bonchev–Trinajstić information content (AvgIpc) is 2.89. The molecule has 36 heavy (non-hydrogen) atoms. The van der Waals surface area contributed by atoms with Gasteiger partial charge in [-0.25, -0.2) is 13.6 Å². The van der Waals surface area contributed by atoms with Crippen molar-refractivity contribution in [2.75, 3.05) is 6.61 Å². The highest BCUT2D eigenvalue weighted by Gasteiger charge is 2.36. The second-order valence-corrected chi connectivity index (χ2v) is 9.63. The van der Waals surface area contributed by atoms with Crippen molar-refractivity contribution in [3.05, 3.63) is 83.5 Å². The SMILES string of the molecule is C=CC1CCC2CC(c3ccc(C(=O)Oc4ccc(OC/C=C/C)c(F)c4F)c(F)c3F)CCC2C1. The van der Waals surface area contributed by atoms with Gasteiger partial charge in [-0.05, 0) is 92.9 Å². The average molecular weight is 503 g/mol. The van der Waals surface area contributed by atoms with Gasteiger partial charge in [0.1, 0.15) is 6.61 Å². The number of esters is 1. The van der Waals surface area contributed by atoms with Crippen LogP contribution in [0.25, 0.3) is 0 Å². The molecule has 0 radical (unpaired) electrons. The maximum Gasteiger partial charge on any atom is 0.346 e. The molecular formula is C29H30F4O3. The Morgan fingerprint density at radius 1 is 0.917 bits per heavy atom. The number of ether oxygens (including phenoxy) is 2. The number of hydrogen-bond donors (Lipinski definition) is 0. The molecule has 4 atom stereocenters. The second-order valence-electron chi connectivity index (χ2n) is 9.63. The van der Waals surface area contributed by atoms with E-state index >= 15 is 4.39 Å². The fourth-order valence-corrected chi connectivity index (χ4v) is 5.55. The van der Waals surface area contributed by atoms with E-state index in [-0.39, 0.29) is 23.8 Å². The monoisotopic (exact) mass is 502 g/mol. The predicted octanol–water partition coefficient (Wildman–Crippen LogP) is 7.90. The van der Waals surface area contributed by atoms with Gasteiger partial charge in [-0.3, -0.25) is 0 Å². The normalized spacial score (nSPS) is 23.8. The van der Waals surface area contributed by atoms with E-state index in [4.69, 9.17) is 9.47 Å². The lowest BCUT2D eigenvalue weighted by Gasteiger charge is -2.41. The molecule has 2 aliphatic carbocycles. The molecular weight excluding hydrogens is 472 g/mol. The van der Waals surface area contributed by atoms with Gasteiger partial charge in [0, 0.05) is 0 Å². The Labute approximate surface area is 208 Å². The van der Waals surface area contributed by atoms with Crippen molar-refractivity contribution in [1.29, 1.82) is 0 Å². The molecule has 3 nitrogen and oxygen atoms in total. The Morgan fingerprint density at radius 2 is 1.61 bits per heavy atom. The van der Waals surface area contributed by atoms with Gasteiger partial charge in [-0.2, -0.15) is 8.78 Å². The molecule has 2 aromatic rings. The molecule has 4 rings (SSSR count). The molecule has 0 amide bonds. The highest BCUT2D eigenvalue weighted by Crippen LogP contribution is 2.48. The number of carbonyl (C=O) groups is 1. The van der Waals surface area contributed by atoms with Crippen LogP contribution in [-0.2, 0) is 0 Å². The molecule has 2 aliphatic rings. The molecule has 7 heteroatoms. The van der Waals surface area contributed by atoms with E-state index in [9.17, 15) is 18.0 Å². The lowest BCUT2D eigenvalue weighted by atomic mass is 9.64. The molecule has 4 unspecified atom stereocenters. The predicted molar refractivity (Wildman–Crippen MR) is 129 cm³/mol. The summed E-state index contributed by atoms with van der Waals surface area (Å²) in [6.07, 6.45) is 11.0.